The summed E-state index contributed by atoms with van der Waals surface area (Å²) in [7, 11) is 0. The van der Waals surface area contributed by atoms with Crippen LogP contribution >= 0.6 is 22.7 Å². The van der Waals surface area contributed by atoms with Crippen LogP contribution < -0.4 is 16.8 Å². The summed E-state index contributed by atoms with van der Waals surface area (Å²) in [6, 6.07) is 6.00. The van der Waals surface area contributed by atoms with Gasteiger partial charge in [-0.15, -0.1) is 22.7 Å². The summed E-state index contributed by atoms with van der Waals surface area (Å²) in [5, 5.41) is 14.9. The van der Waals surface area contributed by atoms with E-state index in [1.807, 2.05) is 31.4 Å². The number of hydrogen-bond donors (Lipinski definition) is 3. The molecule has 0 unspecified atom stereocenters. The van der Waals surface area contributed by atoms with Crippen LogP contribution in [0.3, 0.4) is 0 Å². The molecule has 0 aromatic carbocycles. The van der Waals surface area contributed by atoms with Crippen LogP contribution in [0.15, 0.2) is 17.5 Å². The van der Waals surface area contributed by atoms with Crippen LogP contribution in [0, 0.1) is 11.3 Å². The first kappa shape index (κ1) is 17.2. The lowest BCUT2D eigenvalue weighted by molar-refractivity contribution is 0.0956. The van der Waals surface area contributed by atoms with Crippen molar-refractivity contribution in [3.63, 3.8) is 0 Å². The van der Waals surface area contributed by atoms with Gasteiger partial charge in [-0.2, -0.15) is 5.26 Å². The number of aromatic nitrogens is 1. The summed E-state index contributed by atoms with van der Waals surface area (Å²) in [4.78, 5) is 18.9. The van der Waals surface area contributed by atoms with Gasteiger partial charge in [-0.1, -0.05) is 19.9 Å². The molecular formula is C17H17N5OS2. The molecule has 0 radical (unpaired) electrons. The molecule has 3 rings (SSSR count). The van der Waals surface area contributed by atoms with Gasteiger partial charge < -0.3 is 16.8 Å². The predicted molar refractivity (Wildman–Crippen MR) is 103 cm³/mol. The first-order valence-corrected chi connectivity index (χ1v) is 9.35. The smallest absolute Gasteiger partial charge is 0.263 e. The average molecular weight is 371 g/mol. The van der Waals surface area contributed by atoms with Gasteiger partial charge in [0.25, 0.3) is 5.91 Å². The minimum atomic E-state index is -0.249. The normalized spacial score (nSPS) is 11.0. The summed E-state index contributed by atoms with van der Waals surface area (Å²) in [5.41, 5.74) is 13.6. The molecule has 1 amide bonds. The van der Waals surface area contributed by atoms with E-state index in [1.54, 1.807) is 11.3 Å². The number of nitrogen functional groups attached to an aromatic ring is 2. The lowest BCUT2D eigenvalue weighted by Gasteiger charge is -2.12. The van der Waals surface area contributed by atoms with E-state index in [0.717, 1.165) is 10.4 Å². The molecule has 25 heavy (non-hydrogen) atoms. The van der Waals surface area contributed by atoms with E-state index < -0.39 is 0 Å². The molecule has 3 heterocycles. The van der Waals surface area contributed by atoms with Crippen molar-refractivity contribution < 1.29 is 4.79 Å². The van der Waals surface area contributed by atoms with E-state index in [-0.39, 0.29) is 17.6 Å². The number of thiophene rings is 2. The molecular weight excluding hydrogens is 354 g/mol. The van der Waals surface area contributed by atoms with Crippen LogP contribution in [0.5, 0.6) is 0 Å². The number of fused-ring (bicyclic) bond motifs is 1. The van der Waals surface area contributed by atoms with E-state index in [4.69, 9.17) is 11.5 Å². The number of anilines is 2. The van der Waals surface area contributed by atoms with Crippen LogP contribution in [0.4, 0.5) is 11.5 Å². The van der Waals surface area contributed by atoms with E-state index in [9.17, 15) is 10.1 Å². The molecule has 3 aromatic heterocycles. The third kappa shape index (κ3) is 3.04. The van der Waals surface area contributed by atoms with E-state index >= 15 is 0 Å². The van der Waals surface area contributed by atoms with E-state index in [0.29, 0.717) is 32.9 Å². The molecule has 3 aromatic rings. The maximum absolute atomic E-state index is 12.6. The zero-order valence-electron chi connectivity index (χ0n) is 13.8. The van der Waals surface area contributed by atoms with Gasteiger partial charge in [0.15, 0.2) is 0 Å². The Balaban J connectivity index is 2.06. The van der Waals surface area contributed by atoms with Crippen molar-refractivity contribution in [2.24, 2.45) is 0 Å². The Labute approximate surface area is 153 Å². The van der Waals surface area contributed by atoms with Gasteiger partial charge in [-0.05, 0) is 22.9 Å². The minimum Gasteiger partial charge on any atom is -0.397 e. The number of hydrogen-bond acceptors (Lipinski definition) is 7. The second kappa shape index (κ2) is 6.70. The standard InChI is InChI=1S/C17H17N5OS2/c1-8(2)11-10(6-18)15(20)22-17-12(11)13(19)14(25-17)16(23)21-7-9-4-3-5-24-9/h3-5,8H,7,19H2,1-2H3,(H2,20,22)(H,21,23). The number of nitriles is 1. The maximum Gasteiger partial charge on any atom is 0.263 e. The maximum atomic E-state index is 12.6. The van der Waals surface area contributed by atoms with Gasteiger partial charge in [0, 0.05) is 10.3 Å². The molecule has 0 aliphatic rings. The summed E-state index contributed by atoms with van der Waals surface area (Å²) >= 11 is 2.78. The van der Waals surface area contributed by atoms with Gasteiger partial charge in [0.05, 0.1) is 17.8 Å². The number of amides is 1. The monoisotopic (exact) mass is 371 g/mol. The Kier molecular flexibility index (Phi) is 4.61. The Morgan fingerprint density at radius 3 is 2.80 bits per heavy atom. The Bertz CT molecular complexity index is 983. The third-order valence-electron chi connectivity index (χ3n) is 3.84. The number of nitrogens with one attached hydrogen (secondary N) is 1. The number of rotatable bonds is 4. The zero-order valence-corrected chi connectivity index (χ0v) is 15.4. The molecule has 0 aliphatic carbocycles. The van der Waals surface area contributed by atoms with Crippen molar-refractivity contribution >= 4 is 50.3 Å². The van der Waals surface area contributed by atoms with Crippen molar-refractivity contribution in [2.75, 3.05) is 11.5 Å². The Morgan fingerprint density at radius 2 is 2.20 bits per heavy atom. The first-order chi connectivity index (χ1) is 11.9. The summed E-state index contributed by atoms with van der Waals surface area (Å²) in [6.45, 7) is 4.37. The van der Waals surface area contributed by atoms with Crippen molar-refractivity contribution in [3.8, 4) is 6.07 Å². The van der Waals surface area contributed by atoms with E-state index in [1.165, 1.54) is 11.3 Å². The average Bonchev–Trinajstić information content (AvgIpc) is 3.19. The van der Waals surface area contributed by atoms with Crippen LogP contribution in [0.2, 0.25) is 0 Å². The molecule has 8 heteroatoms. The van der Waals surface area contributed by atoms with Crippen molar-refractivity contribution in [2.45, 2.75) is 26.3 Å². The van der Waals surface area contributed by atoms with Crippen molar-refractivity contribution in [1.82, 2.24) is 10.3 Å². The number of pyridine rings is 1. The second-order valence-corrected chi connectivity index (χ2v) is 7.87. The molecule has 0 aliphatic heterocycles. The summed E-state index contributed by atoms with van der Waals surface area (Å²) < 4.78 is 0. The lowest BCUT2D eigenvalue weighted by Crippen LogP contribution is -2.22. The Hall–Kier alpha value is -2.63. The van der Waals surface area contributed by atoms with Gasteiger partial charge in [-0.3, -0.25) is 4.79 Å². The summed E-state index contributed by atoms with van der Waals surface area (Å²) in [6.07, 6.45) is 0. The van der Waals surface area contributed by atoms with Gasteiger partial charge in [0.1, 0.15) is 21.6 Å². The third-order valence-corrected chi connectivity index (χ3v) is 5.82. The first-order valence-electron chi connectivity index (χ1n) is 7.66. The summed E-state index contributed by atoms with van der Waals surface area (Å²) in [5.74, 6) is -0.0486. The van der Waals surface area contributed by atoms with Gasteiger partial charge in [-0.25, -0.2) is 4.98 Å². The molecule has 0 saturated heterocycles. The predicted octanol–water partition coefficient (Wildman–Crippen LogP) is 3.45. The number of carbonyl (C=O) groups excluding carboxylic acids is 1. The molecule has 128 valence electrons. The fourth-order valence-electron chi connectivity index (χ4n) is 2.72. The zero-order chi connectivity index (χ0) is 18.1. The van der Waals surface area contributed by atoms with Crippen LogP contribution in [0.1, 0.15) is 45.4 Å². The molecule has 0 atom stereocenters. The van der Waals surface area contributed by atoms with Crippen molar-refractivity contribution in [1.29, 1.82) is 5.26 Å². The molecule has 5 N–H and O–H groups in total. The largest absolute Gasteiger partial charge is 0.397 e. The minimum absolute atomic E-state index is 0.0291. The van der Waals surface area contributed by atoms with Crippen LogP contribution in [-0.4, -0.2) is 10.9 Å². The molecule has 0 fully saturated rings. The Morgan fingerprint density at radius 1 is 1.44 bits per heavy atom. The number of carbonyl (C=O) groups is 1. The topological polar surface area (TPSA) is 118 Å². The number of nitrogens with two attached hydrogens (primary N) is 2. The quantitative estimate of drug-likeness (QED) is 0.649. The number of nitrogens with zero attached hydrogens (tertiary/aromatic N) is 2. The molecule has 0 spiro atoms. The highest BCUT2D eigenvalue weighted by Crippen LogP contribution is 2.40. The van der Waals surface area contributed by atoms with E-state index in [2.05, 4.69) is 16.4 Å². The highest BCUT2D eigenvalue weighted by molar-refractivity contribution is 7.21. The fraction of sp³-hybridized carbons (Fsp3) is 0.235. The highest BCUT2D eigenvalue weighted by Gasteiger charge is 2.24. The second-order valence-electron chi connectivity index (χ2n) is 5.84. The molecule has 0 bridgehead atoms. The van der Waals surface area contributed by atoms with Gasteiger partial charge >= 0.3 is 0 Å². The molecule has 6 nitrogen and oxygen atoms in total. The highest BCUT2D eigenvalue weighted by atomic mass is 32.1. The SMILES string of the molecule is CC(C)c1c(C#N)c(N)nc2sc(C(=O)NCc3cccs3)c(N)c12. The lowest BCUT2D eigenvalue weighted by atomic mass is 9.95. The molecule has 0 saturated carbocycles. The van der Waals surface area contributed by atoms with Crippen molar-refractivity contribution in [3.05, 3.63) is 38.4 Å². The fourth-order valence-corrected chi connectivity index (χ4v) is 4.40. The van der Waals surface area contributed by atoms with Gasteiger partial charge in [0.2, 0.25) is 0 Å². The van der Waals surface area contributed by atoms with Crippen LogP contribution in [-0.2, 0) is 6.54 Å². The van der Waals surface area contributed by atoms with Crippen LogP contribution in [0.25, 0.3) is 10.2 Å².